The molecule has 3 heterocycles. The number of hydrogen-bond donors (Lipinski definition) is 2. The van der Waals surface area contributed by atoms with Gasteiger partial charge >= 0.3 is 6.08 Å². The van der Waals surface area contributed by atoms with Crippen molar-refractivity contribution < 1.29 is 14.2 Å². The molecule has 12 heteroatoms. The Hall–Kier alpha value is -1.98. The van der Waals surface area contributed by atoms with Crippen LogP contribution in [-0.4, -0.2) is 67.0 Å². The first kappa shape index (κ1) is 16.9. The van der Waals surface area contributed by atoms with Gasteiger partial charge in [0.2, 0.25) is 0 Å². The molecule has 3 N–H and O–H groups in total. The molecular weight excluding hydrogens is 308 g/mol. The molecule has 112 valence electrons. The molecular formula is C12H8B4FN5O2. The maximum atomic E-state index is 13.5. The van der Waals surface area contributed by atoms with Crippen LogP contribution in [0.25, 0.3) is 11.2 Å². The van der Waals surface area contributed by atoms with E-state index < -0.39 is 28.5 Å². The Labute approximate surface area is 142 Å². The summed E-state index contributed by atoms with van der Waals surface area (Å²) in [6.45, 7) is 0. The van der Waals surface area contributed by atoms with Crippen molar-refractivity contribution in [3.8, 4) is 12.3 Å². The van der Waals surface area contributed by atoms with Crippen LogP contribution in [0.15, 0.2) is 6.33 Å². The molecule has 1 aliphatic heterocycles. The van der Waals surface area contributed by atoms with E-state index in [1.807, 2.05) is 0 Å². The fourth-order valence-electron chi connectivity index (χ4n) is 2.70. The first-order valence-electron chi connectivity index (χ1n) is 6.70. The summed E-state index contributed by atoms with van der Waals surface area (Å²) < 4.78 is 20.3. The minimum Gasteiger partial charge on any atom is -0.405 e. The zero-order valence-corrected chi connectivity index (χ0v) is 12.3. The fourth-order valence-corrected chi connectivity index (χ4v) is 2.70. The number of ether oxygens (including phenoxy) is 1. The average Bonchev–Trinajstić information content (AvgIpc) is 2.96. The highest BCUT2D eigenvalue weighted by atomic mass is 19.1. The minimum atomic E-state index is -2.42. The Morgan fingerprint density at radius 1 is 1.50 bits per heavy atom. The highest BCUT2D eigenvalue weighted by molar-refractivity contribution is 6.42. The number of fused-ring (bicyclic) bond motifs is 1. The number of nitrogens with two attached hydrogens (primary N) is 1. The van der Waals surface area contributed by atoms with Crippen LogP contribution in [0, 0.1) is 18.4 Å². The normalized spacial score (nSPS) is 26.5. The predicted octanol–water partition coefficient (Wildman–Crippen LogP) is -1.73. The third-order valence-corrected chi connectivity index (χ3v) is 3.88. The zero-order chi connectivity index (χ0) is 17.9. The Bertz CT molecular complexity index is 861. The summed E-state index contributed by atoms with van der Waals surface area (Å²) in [5.41, 5.74) is 3.82. The summed E-state index contributed by atoms with van der Waals surface area (Å²) in [6.07, 6.45) is 4.09. The van der Waals surface area contributed by atoms with Gasteiger partial charge in [0.15, 0.2) is 17.0 Å². The summed E-state index contributed by atoms with van der Waals surface area (Å²) in [4.78, 5) is 11.0. The van der Waals surface area contributed by atoms with E-state index in [9.17, 15) is 9.50 Å². The number of nitrogens with zero attached hydrogens (tertiary/aromatic N) is 4. The molecule has 1 aliphatic rings. The number of hydrogen-bond acceptors (Lipinski definition) is 6. The highest BCUT2D eigenvalue weighted by Gasteiger charge is 2.56. The average molecular weight is 316 g/mol. The van der Waals surface area contributed by atoms with Gasteiger partial charge in [-0.05, 0) is 6.42 Å². The van der Waals surface area contributed by atoms with Crippen molar-refractivity contribution in [2.24, 2.45) is 0 Å². The number of aliphatic hydroxyl groups is 1. The number of anilines is 1. The molecule has 8 radical (unpaired) electrons. The number of nitrogen functional groups attached to an aromatic ring is 1. The van der Waals surface area contributed by atoms with Crippen molar-refractivity contribution in [3.05, 3.63) is 12.4 Å². The largest absolute Gasteiger partial charge is 0.405 e. The van der Waals surface area contributed by atoms with Crippen LogP contribution in [0.1, 0.15) is 12.6 Å². The molecule has 7 nitrogen and oxygen atoms in total. The van der Waals surface area contributed by atoms with E-state index in [4.69, 9.17) is 48.3 Å². The number of halogens is 1. The van der Waals surface area contributed by atoms with Gasteiger partial charge in [0.05, 0.1) is 22.0 Å². The van der Waals surface area contributed by atoms with Gasteiger partial charge in [-0.1, -0.05) is 11.1 Å². The van der Waals surface area contributed by atoms with Crippen molar-refractivity contribution >= 4 is 48.4 Å². The summed E-state index contributed by atoms with van der Waals surface area (Å²) in [5.74, 6) is 2.01. The second-order valence-electron chi connectivity index (χ2n) is 5.76. The summed E-state index contributed by atoms with van der Waals surface area (Å²) in [6, 6.07) is 0. The molecule has 0 saturated carbocycles. The summed E-state index contributed by atoms with van der Waals surface area (Å²) >= 11 is 0. The molecule has 24 heavy (non-hydrogen) atoms. The molecule has 0 bridgehead atoms. The highest BCUT2D eigenvalue weighted by Crippen LogP contribution is 2.54. The molecule has 0 aliphatic carbocycles. The Morgan fingerprint density at radius 2 is 2.17 bits per heavy atom. The van der Waals surface area contributed by atoms with E-state index in [0.717, 1.165) is 0 Å². The molecule has 2 aromatic rings. The monoisotopic (exact) mass is 317 g/mol. The van der Waals surface area contributed by atoms with E-state index in [0.29, 0.717) is 0 Å². The van der Waals surface area contributed by atoms with E-state index in [1.165, 1.54) is 10.9 Å². The van der Waals surface area contributed by atoms with Gasteiger partial charge in [-0.15, -0.1) is 6.42 Å². The lowest BCUT2D eigenvalue weighted by molar-refractivity contribution is -0.0907. The van der Waals surface area contributed by atoms with Crippen molar-refractivity contribution in [1.29, 1.82) is 0 Å². The van der Waals surface area contributed by atoms with Crippen molar-refractivity contribution in [2.75, 3.05) is 5.73 Å². The first-order valence-corrected chi connectivity index (χ1v) is 6.70. The molecule has 0 spiro atoms. The molecule has 3 rings (SSSR count). The summed E-state index contributed by atoms with van der Waals surface area (Å²) in [7, 11) is 23.1. The number of aromatic nitrogens is 4. The Balaban J connectivity index is 2.15. The lowest BCUT2D eigenvalue weighted by Gasteiger charge is -2.37. The summed E-state index contributed by atoms with van der Waals surface area (Å²) in [5, 5.41) is 5.92. The second-order valence-corrected chi connectivity index (χ2v) is 5.76. The fraction of sp³-hybridized carbons (Fsp3) is 0.417. The van der Waals surface area contributed by atoms with E-state index >= 15 is 0 Å². The molecule has 0 amide bonds. The molecule has 2 unspecified atom stereocenters. The van der Waals surface area contributed by atoms with Gasteiger partial charge in [0.25, 0.3) is 0 Å². The van der Waals surface area contributed by atoms with Crippen LogP contribution in [0.5, 0.6) is 0 Å². The standard InChI is InChI=1S/C12H8B4FN5O2/c1-2-10(12(15,16)23)3-11(13,14)8(24-10)22-4-19-5-6(18)20-9(17)21-7(5)22/h1,4,8,23H,3H2,(H2,18,20,21). The van der Waals surface area contributed by atoms with Crippen molar-refractivity contribution in [3.63, 3.8) is 0 Å². The van der Waals surface area contributed by atoms with Crippen LogP contribution >= 0.6 is 0 Å². The van der Waals surface area contributed by atoms with E-state index in [1.54, 1.807) is 0 Å². The van der Waals surface area contributed by atoms with E-state index in [-0.39, 0.29) is 23.4 Å². The lowest BCUT2D eigenvalue weighted by Crippen LogP contribution is -2.54. The quantitative estimate of drug-likeness (QED) is 0.388. The SMILES string of the molecule is [B]C1([B])CC(C#C)(C([B])([B])O)OC1n1cnc2c(N)nc(F)nc21. The minimum absolute atomic E-state index is 0.0179. The third-order valence-electron chi connectivity index (χ3n) is 3.88. The molecule has 1 saturated heterocycles. The van der Waals surface area contributed by atoms with Crippen LogP contribution in [0.4, 0.5) is 10.2 Å². The van der Waals surface area contributed by atoms with Gasteiger partial charge in [-0.2, -0.15) is 14.4 Å². The first-order chi connectivity index (χ1) is 11.0. The van der Waals surface area contributed by atoms with Crippen molar-refractivity contribution in [2.45, 2.75) is 28.9 Å². The Kier molecular flexibility index (Phi) is 3.52. The second kappa shape index (κ2) is 5.01. The number of terminal acetylenes is 1. The lowest BCUT2D eigenvalue weighted by atomic mass is 9.46. The van der Waals surface area contributed by atoms with Gasteiger partial charge < -0.3 is 15.6 Å². The maximum Gasteiger partial charge on any atom is 0.312 e. The zero-order valence-electron chi connectivity index (χ0n) is 12.3. The third kappa shape index (κ3) is 2.31. The predicted molar refractivity (Wildman–Crippen MR) is 86.7 cm³/mol. The van der Waals surface area contributed by atoms with Gasteiger partial charge in [0, 0.05) is 5.40 Å². The molecule has 2 aromatic heterocycles. The molecule has 0 aromatic carbocycles. The van der Waals surface area contributed by atoms with Crippen molar-refractivity contribution in [1.82, 2.24) is 19.5 Å². The van der Waals surface area contributed by atoms with Gasteiger partial charge in [-0.25, -0.2) is 4.98 Å². The van der Waals surface area contributed by atoms with Crippen LogP contribution in [0.2, 0.25) is 5.21 Å². The smallest absolute Gasteiger partial charge is 0.312 e. The molecule has 2 atom stereocenters. The van der Waals surface area contributed by atoms with Crippen LogP contribution < -0.4 is 5.73 Å². The van der Waals surface area contributed by atoms with E-state index in [2.05, 4.69) is 20.9 Å². The van der Waals surface area contributed by atoms with Crippen LogP contribution in [-0.2, 0) is 4.74 Å². The topological polar surface area (TPSA) is 99.1 Å². The Morgan fingerprint density at radius 3 is 2.71 bits per heavy atom. The van der Waals surface area contributed by atoms with Gasteiger partial charge in [0.1, 0.15) is 27.5 Å². The maximum absolute atomic E-state index is 13.5. The molecule has 1 fully saturated rings. The number of imidazole rings is 1. The number of rotatable bonds is 2. The van der Waals surface area contributed by atoms with Crippen LogP contribution in [0.3, 0.4) is 0 Å². The van der Waals surface area contributed by atoms with Gasteiger partial charge in [-0.3, -0.25) is 4.57 Å².